The lowest BCUT2D eigenvalue weighted by Gasteiger charge is -2.33. The van der Waals surface area contributed by atoms with Gasteiger partial charge < -0.3 is 10.6 Å². The molecule has 0 unspecified atom stereocenters. The van der Waals surface area contributed by atoms with E-state index >= 15 is 0 Å². The number of piperazine rings is 1. The summed E-state index contributed by atoms with van der Waals surface area (Å²) in [6, 6.07) is 5.15. The van der Waals surface area contributed by atoms with E-state index in [1.54, 1.807) is 12.1 Å². The third-order valence-electron chi connectivity index (χ3n) is 4.63. The largest absolute Gasteiger partial charge is 0.355 e. The molecule has 0 radical (unpaired) electrons. The van der Waals surface area contributed by atoms with Gasteiger partial charge in [-0.2, -0.15) is 4.31 Å². The Morgan fingerprint density at radius 1 is 1.00 bits per heavy atom. The van der Waals surface area contributed by atoms with Gasteiger partial charge in [-0.05, 0) is 44.0 Å². The normalized spacial score (nSPS) is 16.1. The maximum atomic E-state index is 12.8. The van der Waals surface area contributed by atoms with E-state index < -0.39 is 10.0 Å². The summed E-state index contributed by atoms with van der Waals surface area (Å²) in [6.45, 7) is 7.88. The fourth-order valence-corrected chi connectivity index (χ4v) is 4.36. The van der Waals surface area contributed by atoms with Crippen molar-refractivity contribution in [3.05, 3.63) is 29.3 Å². The number of aryl methyl sites for hydroxylation is 2. The zero-order valence-electron chi connectivity index (χ0n) is 16.1. The Balaban J connectivity index is 1.86. The summed E-state index contributed by atoms with van der Waals surface area (Å²) in [5.41, 5.74) is 2.00. The van der Waals surface area contributed by atoms with Crippen molar-refractivity contribution in [3.63, 3.8) is 0 Å². The minimum atomic E-state index is -3.53. The molecule has 1 heterocycles. The molecule has 0 saturated carbocycles. The van der Waals surface area contributed by atoms with Gasteiger partial charge in [-0.1, -0.05) is 6.07 Å². The van der Waals surface area contributed by atoms with Crippen molar-refractivity contribution in [1.82, 2.24) is 19.8 Å². The van der Waals surface area contributed by atoms with Gasteiger partial charge in [-0.15, -0.1) is 0 Å². The molecule has 2 N–H and O–H groups in total. The van der Waals surface area contributed by atoms with Crippen molar-refractivity contribution in [2.75, 3.05) is 45.8 Å². The molecule has 0 atom stereocenters. The van der Waals surface area contributed by atoms with E-state index in [-0.39, 0.29) is 24.9 Å². The van der Waals surface area contributed by atoms with Crippen LogP contribution in [0.5, 0.6) is 0 Å². The van der Waals surface area contributed by atoms with Crippen LogP contribution >= 0.6 is 0 Å². The Hall–Kier alpha value is -1.97. The topological polar surface area (TPSA) is 98.8 Å². The first kappa shape index (κ1) is 21.3. The smallest absolute Gasteiger partial charge is 0.243 e. The van der Waals surface area contributed by atoms with E-state index in [4.69, 9.17) is 0 Å². The fraction of sp³-hybridized carbons (Fsp3) is 0.556. The first-order valence-corrected chi connectivity index (χ1v) is 10.5. The minimum absolute atomic E-state index is 0.0478. The molecule has 0 aliphatic carbocycles. The van der Waals surface area contributed by atoms with Gasteiger partial charge in [0, 0.05) is 32.7 Å². The predicted molar refractivity (Wildman–Crippen MR) is 103 cm³/mol. The first-order valence-electron chi connectivity index (χ1n) is 9.07. The highest BCUT2D eigenvalue weighted by Gasteiger charge is 2.29. The summed E-state index contributed by atoms with van der Waals surface area (Å²) < 4.78 is 27.1. The molecule has 1 aromatic carbocycles. The summed E-state index contributed by atoms with van der Waals surface area (Å²) in [5, 5.41) is 5.18. The van der Waals surface area contributed by atoms with Crippen LogP contribution < -0.4 is 10.6 Å². The van der Waals surface area contributed by atoms with Crippen LogP contribution in [0.1, 0.15) is 18.1 Å². The second-order valence-electron chi connectivity index (χ2n) is 6.66. The number of likely N-dealkylation sites (N-methyl/N-ethyl adjacent to an activating group) is 1. The molecule has 2 amide bonds. The summed E-state index contributed by atoms with van der Waals surface area (Å²) in [5.74, 6) is -0.470. The van der Waals surface area contributed by atoms with Crippen LogP contribution in [0.2, 0.25) is 0 Å². The molecule has 9 heteroatoms. The van der Waals surface area contributed by atoms with Gasteiger partial charge in [0.1, 0.15) is 0 Å². The molecule has 0 aromatic heterocycles. The predicted octanol–water partition coefficient (Wildman–Crippen LogP) is -0.138. The van der Waals surface area contributed by atoms with Crippen LogP contribution in [0.25, 0.3) is 0 Å². The monoisotopic (exact) mass is 396 g/mol. The molecule has 0 bridgehead atoms. The fourth-order valence-electron chi connectivity index (χ4n) is 2.85. The van der Waals surface area contributed by atoms with E-state index in [1.807, 2.05) is 31.7 Å². The van der Waals surface area contributed by atoms with E-state index in [0.717, 1.165) is 11.1 Å². The first-order chi connectivity index (χ1) is 12.7. The lowest BCUT2D eigenvalue weighted by atomic mass is 10.1. The van der Waals surface area contributed by atoms with Crippen molar-refractivity contribution in [1.29, 1.82) is 0 Å². The number of benzene rings is 1. The van der Waals surface area contributed by atoms with Crippen LogP contribution in [-0.2, 0) is 19.6 Å². The molecule has 0 spiro atoms. The maximum absolute atomic E-state index is 12.8. The number of nitrogens with one attached hydrogen (secondary N) is 2. The highest BCUT2D eigenvalue weighted by atomic mass is 32.2. The second-order valence-corrected chi connectivity index (χ2v) is 8.59. The quantitative estimate of drug-likeness (QED) is 0.669. The Labute approximate surface area is 161 Å². The summed E-state index contributed by atoms with van der Waals surface area (Å²) in [4.78, 5) is 25.5. The van der Waals surface area contributed by atoms with Gasteiger partial charge in [0.2, 0.25) is 21.8 Å². The molecule has 1 aliphatic rings. The van der Waals surface area contributed by atoms with Crippen molar-refractivity contribution in [2.24, 2.45) is 0 Å². The Morgan fingerprint density at radius 3 is 2.26 bits per heavy atom. The molecule has 1 fully saturated rings. The average molecular weight is 397 g/mol. The van der Waals surface area contributed by atoms with Gasteiger partial charge in [-0.3, -0.25) is 14.5 Å². The SMILES string of the molecule is CCNC(=O)CNC(=O)CN1CCN(S(=O)(=O)c2ccc(C)c(C)c2)CC1. The van der Waals surface area contributed by atoms with Crippen molar-refractivity contribution in [2.45, 2.75) is 25.7 Å². The molecular formula is C18H28N4O4S. The number of hydrogen-bond donors (Lipinski definition) is 2. The van der Waals surface area contributed by atoms with E-state index in [1.165, 1.54) is 4.31 Å². The van der Waals surface area contributed by atoms with Crippen molar-refractivity contribution >= 4 is 21.8 Å². The van der Waals surface area contributed by atoms with Gasteiger partial charge in [-0.25, -0.2) is 8.42 Å². The number of nitrogens with zero attached hydrogens (tertiary/aromatic N) is 2. The standard InChI is InChI=1S/C18H28N4O4S/c1-4-19-17(23)12-20-18(24)13-21-7-9-22(10-8-21)27(25,26)16-6-5-14(2)15(3)11-16/h5-6,11H,4,7-10,12-13H2,1-3H3,(H,19,23)(H,20,24). The van der Waals surface area contributed by atoms with E-state index in [9.17, 15) is 18.0 Å². The zero-order valence-corrected chi connectivity index (χ0v) is 16.9. The average Bonchev–Trinajstić information content (AvgIpc) is 2.63. The second kappa shape index (κ2) is 9.29. The lowest BCUT2D eigenvalue weighted by Crippen LogP contribution is -2.51. The summed E-state index contributed by atoms with van der Waals surface area (Å²) >= 11 is 0. The molecule has 8 nitrogen and oxygen atoms in total. The number of sulfonamides is 1. The third kappa shape index (κ3) is 5.75. The van der Waals surface area contributed by atoms with Crippen molar-refractivity contribution in [3.8, 4) is 0 Å². The molecule has 27 heavy (non-hydrogen) atoms. The Bertz CT molecular complexity index is 787. The number of carbonyl (C=O) groups is 2. The highest BCUT2D eigenvalue weighted by Crippen LogP contribution is 2.20. The van der Waals surface area contributed by atoms with Crippen LogP contribution in [0.3, 0.4) is 0 Å². The molecule has 150 valence electrons. The zero-order chi connectivity index (χ0) is 20.0. The van der Waals surface area contributed by atoms with E-state index in [2.05, 4.69) is 10.6 Å². The lowest BCUT2D eigenvalue weighted by molar-refractivity contribution is -0.126. The molecule has 1 aliphatic heterocycles. The van der Waals surface area contributed by atoms with Gasteiger partial charge in [0.05, 0.1) is 18.0 Å². The van der Waals surface area contributed by atoms with Crippen molar-refractivity contribution < 1.29 is 18.0 Å². The molecule has 1 saturated heterocycles. The number of hydrogen-bond acceptors (Lipinski definition) is 5. The highest BCUT2D eigenvalue weighted by molar-refractivity contribution is 7.89. The van der Waals surface area contributed by atoms with Gasteiger partial charge in [0.25, 0.3) is 0 Å². The Morgan fingerprint density at radius 2 is 1.67 bits per heavy atom. The van der Waals surface area contributed by atoms with Crippen LogP contribution in [-0.4, -0.2) is 75.3 Å². The maximum Gasteiger partial charge on any atom is 0.243 e. The minimum Gasteiger partial charge on any atom is -0.355 e. The van der Waals surface area contributed by atoms with Gasteiger partial charge in [0.15, 0.2) is 0 Å². The van der Waals surface area contributed by atoms with Crippen LogP contribution in [0.15, 0.2) is 23.1 Å². The van der Waals surface area contributed by atoms with Gasteiger partial charge >= 0.3 is 0 Å². The number of amides is 2. The van der Waals surface area contributed by atoms with Crippen LogP contribution in [0.4, 0.5) is 0 Å². The number of carbonyl (C=O) groups excluding carboxylic acids is 2. The molecular weight excluding hydrogens is 368 g/mol. The summed E-state index contributed by atoms with van der Waals surface area (Å²) in [7, 11) is -3.53. The summed E-state index contributed by atoms with van der Waals surface area (Å²) in [6.07, 6.45) is 0. The Kier molecular flexibility index (Phi) is 7.34. The molecule has 2 rings (SSSR count). The molecule has 1 aromatic rings. The number of rotatable bonds is 7. The third-order valence-corrected chi connectivity index (χ3v) is 6.53. The van der Waals surface area contributed by atoms with E-state index in [0.29, 0.717) is 37.6 Å². The van der Waals surface area contributed by atoms with Crippen LogP contribution in [0, 0.1) is 13.8 Å².